The van der Waals surface area contributed by atoms with Gasteiger partial charge in [-0.3, -0.25) is 10.8 Å². The predicted octanol–water partition coefficient (Wildman–Crippen LogP) is 5.71. The summed E-state index contributed by atoms with van der Waals surface area (Å²) in [5.41, 5.74) is 14.4. The van der Waals surface area contributed by atoms with Gasteiger partial charge in [0.2, 0.25) is 0 Å². The van der Waals surface area contributed by atoms with E-state index in [4.69, 9.17) is 32.3 Å². The number of fused-ring (bicyclic) bond motifs is 2. The Labute approximate surface area is 201 Å². The van der Waals surface area contributed by atoms with Gasteiger partial charge in [0.25, 0.3) is 0 Å². The molecule has 2 aromatic carbocycles. The van der Waals surface area contributed by atoms with Crippen LogP contribution in [0.1, 0.15) is 11.1 Å². The van der Waals surface area contributed by atoms with Crippen molar-refractivity contribution in [2.75, 3.05) is 0 Å². The lowest BCUT2D eigenvalue weighted by molar-refractivity contribution is 1.43. The van der Waals surface area contributed by atoms with Crippen LogP contribution in [0.2, 0.25) is 0 Å². The zero-order valence-electron chi connectivity index (χ0n) is 15.7. The lowest BCUT2D eigenvalue weighted by Gasteiger charge is -1.95. The highest BCUT2D eigenvalue weighted by Gasteiger charge is 2.14. The highest BCUT2D eigenvalue weighted by atomic mass is 35.5. The van der Waals surface area contributed by atoms with Crippen molar-refractivity contribution in [1.29, 1.82) is 10.8 Å². The zero-order valence-corrected chi connectivity index (χ0v) is 19.8. The number of hydrogen-bond acceptors (Lipinski definition) is 7. The molecule has 6 nitrogen and oxygen atoms in total. The Bertz CT molecular complexity index is 1330. The molecule has 158 valence electrons. The second-order valence-electron chi connectivity index (χ2n) is 6.39. The molecule has 0 radical (unpaired) electrons. The topological polar surface area (TPSA) is 126 Å². The second-order valence-corrected chi connectivity index (χ2v) is 9.54. The Kier molecular flexibility index (Phi) is 6.63. The minimum Gasteiger partial charge on any atom is -0.384 e. The Balaban J connectivity index is 0.00000136. The first-order valence-corrected chi connectivity index (χ1v) is 11.0. The number of halogens is 2. The monoisotopic (exact) mass is 506 g/mol. The van der Waals surface area contributed by atoms with Crippen LogP contribution in [0.15, 0.2) is 48.5 Å². The molecule has 0 saturated carbocycles. The van der Waals surface area contributed by atoms with Crippen molar-refractivity contribution in [3.05, 3.63) is 59.7 Å². The molecule has 0 bridgehead atoms. The number of hydrogen-bond donors (Lipinski definition) is 4. The van der Waals surface area contributed by atoms with Crippen LogP contribution < -0.4 is 11.5 Å². The van der Waals surface area contributed by atoms with Gasteiger partial charge in [0, 0.05) is 11.1 Å². The highest BCUT2D eigenvalue weighted by Crippen LogP contribution is 2.40. The molecule has 11 heteroatoms. The molecule has 0 aliphatic carbocycles. The summed E-state index contributed by atoms with van der Waals surface area (Å²) in [5.74, 6) is 0.119. The van der Waals surface area contributed by atoms with Gasteiger partial charge in [-0.25, -0.2) is 9.97 Å². The van der Waals surface area contributed by atoms with Gasteiger partial charge < -0.3 is 11.5 Å². The largest absolute Gasteiger partial charge is 0.384 e. The fourth-order valence-electron chi connectivity index (χ4n) is 2.96. The van der Waals surface area contributed by atoms with E-state index >= 15 is 0 Å². The number of nitrogens with zero attached hydrogens (tertiary/aromatic N) is 2. The van der Waals surface area contributed by atoms with E-state index in [1.807, 2.05) is 36.4 Å². The van der Waals surface area contributed by atoms with E-state index in [-0.39, 0.29) is 36.5 Å². The maximum Gasteiger partial charge on any atom is 0.134 e. The molecule has 0 amide bonds. The van der Waals surface area contributed by atoms with Gasteiger partial charge >= 0.3 is 0 Å². The van der Waals surface area contributed by atoms with Gasteiger partial charge in [-0.2, -0.15) is 0 Å². The van der Waals surface area contributed by atoms with Gasteiger partial charge in [-0.05, 0) is 48.5 Å². The van der Waals surface area contributed by atoms with Crippen LogP contribution in [0.4, 0.5) is 0 Å². The smallest absolute Gasteiger partial charge is 0.134 e. The Morgan fingerprint density at radius 2 is 1.06 bits per heavy atom. The molecule has 6 N–H and O–H groups in total. The van der Waals surface area contributed by atoms with Crippen molar-refractivity contribution in [2.45, 2.75) is 0 Å². The van der Waals surface area contributed by atoms with Crippen molar-refractivity contribution in [1.82, 2.24) is 9.97 Å². The summed E-state index contributed by atoms with van der Waals surface area (Å²) in [6.45, 7) is 0. The molecule has 0 fully saturated rings. The molecule has 3 aromatic heterocycles. The molecule has 5 aromatic rings. The van der Waals surface area contributed by atoms with E-state index in [0.29, 0.717) is 11.1 Å². The summed E-state index contributed by atoms with van der Waals surface area (Å²) in [5, 5.41) is 17.1. The Morgan fingerprint density at radius 3 is 1.45 bits per heavy atom. The normalized spacial score (nSPS) is 10.6. The summed E-state index contributed by atoms with van der Waals surface area (Å²) in [6.07, 6.45) is 0. The minimum absolute atomic E-state index is 0. The van der Waals surface area contributed by atoms with E-state index in [9.17, 15) is 0 Å². The van der Waals surface area contributed by atoms with E-state index < -0.39 is 0 Å². The zero-order chi connectivity index (χ0) is 20.1. The van der Waals surface area contributed by atoms with E-state index in [0.717, 1.165) is 40.2 Å². The number of nitrogens with one attached hydrogen (secondary N) is 2. The third-order valence-electron chi connectivity index (χ3n) is 4.43. The lowest BCUT2D eigenvalue weighted by Crippen LogP contribution is -2.10. The van der Waals surface area contributed by atoms with Crippen LogP contribution in [0, 0.1) is 10.8 Å². The first kappa shape index (κ1) is 23.1. The van der Waals surface area contributed by atoms with Crippen LogP contribution in [-0.2, 0) is 0 Å². The third kappa shape index (κ3) is 4.28. The summed E-state index contributed by atoms with van der Waals surface area (Å²) >= 11 is 4.84. The fourth-order valence-corrected chi connectivity index (χ4v) is 6.09. The van der Waals surface area contributed by atoms with Gasteiger partial charge in [-0.15, -0.1) is 58.8 Å². The number of nitrogens with two attached hydrogens (primary N) is 2. The third-order valence-corrected chi connectivity index (χ3v) is 7.89. The quantitative estimate of drug-likeness (QED) is 0.184. The van der Waals surface area contributed by atoms with Crippen molar-refractivity contribution >= 4 is 90.9 Å². The molecule has 5 rings (SSSR count). The highest BCUT2D eigenvalue weighted by molar-refractivity contribution is 7.29. The molecule has 0 aliphatic heterocycles. The van der Waals surface area contributed by atoms with Crippen molar-refractivity contribution in [2.24, 2.45) is 11.5 Å². The number of rotatable bonds is 4. The van der Waals surface area contributed by atoms with Crippen LogP contribution in [-0.4, -0.2) is 21.6 Å². The number of thiophene rings is 1. The number of thiazole rings is 2. The fraction of sp³-hybridized carbons (Fsp3) is 0. The maximum atomic E-state index is 7.60. The average Bonchev–Trinajstić information content (AvgIpc) is 3.42. The first-order chi connectivity index (χ1) is 14.0. The molecule has 0 atom stereocenters. The van der Waals surface area contributed by atoms with Gasteiger partial charge in [0.1, 0.15) is 21.7 Å². The number of nitrogen functional groups attached to an aromatic ring is 2. The summed E-state index contributed by atoms with van der Waals surface area (Å²) < 4.78 is 2.03. The van der Waals surface area contributed by atoms with Gasteiger partial charge in [0.15, 0.2) is 0 Å². The number of aromatic nitrogens is 2. The van der Waals surface area contributed by atoms with Crippen LogP contribution >= 0.6 is 58.8 Å². The van der Waals surface area contributed by atoms with E-state index in [1.165, 1.54) is 0 Å². The molecule has 31 heavy (non-hydrogen) atoms. The van der Waals surface area contributed by atoms with E-state index in [2.05, 4.69) is 12.1 Å². The van der Waals surface area contributed by atoms with Crippen LogP contribution in [0.25, 0.3) is 40.2 Å². The Hall–Kier alpha value is -2.56. The summed E-state index contributed by atoms with van der Waals surface area (Å²) in [6, 6.07) is 15.4. The SMILES string of the molecule is Cl.Cl.N=C(N)c1ccc2nc(-c3ccc(-c4nc5ccc(C(=N)N)cc5s4)s3)sc2c1. The molecule has 3 heterocycles. The van der Waals surface area contributed by atoms with Gasteiger partial charge in [0.05, 0.1) is 30.2 Å². The maximum absolute atomic E-state index is 7.60. The molecule has 0 unspecified atom stereocenters. The standard InChI is InChI=1S/C20H14N6S3.2ClH/c21-17(22)9-1-3-11-15(7-9)28-19(25-11)13-5-6-14(27-13)20-26-12-4-2-10(18(23)24)8-16(12)29-20;;/h1-8H,(H3,21,22)(H3,23,24);2*1H. The van der Waals surface area contributed by atoms with Crippen molar-refractivity contribution in [3.63, 3.8) is 0 Å². The van der Waals surface area contributed by atoms with E-state index in [1.54, 1.807) is 34.0 Å². The summed E-state index contributed by atoms with van der Waals surface area (Å²) in [7, 11) is 0. The molecular formula is C20H16Cl2N6S3. The van der Waals surface area contributed by atoms with Crippen LogP contribution in [0.5, 0.6) is 0 Å². The predicted molar refractivity (Wildman–Crippen MR) is 138 cm³/mol. The number of benzene rings is 2. The van der Waals surface area contributed by atoms with Gasteiger partial charge in [-0.1, -0.05) is 0 Å². The number of amidine groups is 2. The first-order valence-electron chi connectivity index (χ1n) is 8.58. The second kappa shape index (κ2) is 8.89. The van der Waals surface area contributed by atoms with Crippen LogP contribution in [0.3, 0.4) is 0 Å². The Morgan fingerprint density at radius 1 is 0.645 bits per heavy atom. The average molecular weight is 507 g/mol. The van der Waals surface area contributed by atoms with Crippen molar-refractivity contribution in [3.8, 4) is 19.8 Å². The molecule has 0 saturated heterocycles. The minimum atomic E-state index is 0. The lowest BCUT2D eigenvalue weighted by atomic mass is 10.2. The molecular weight excluding hydrogens is 491 g/mol. The molecule has 0 spiro atoms. The summed E-state index contributed by atoms with van der Waals surface area (Å²) in [4.78, 5) is 11.6. The molecule has 0 aliphatic rings. The van der Waals surface area contributed by atoms with Crippen molar-refractivity contribution < 1.29 is 0 Å².